The van der Waals surface area contributed by atoms with Crippen LogP contribution in [0.1, 0.15) is 41.0 Å². The lowest BCUT2D eigenvalue weighted by Gasteiger charge is -2.52. The van der Waals surface area contributed by atoms with Crippen LogP contribution >= 0.6 is 0 Å². The van der Waals surface area contributed by atoms with E-state index >= 15 is 0 Å². The molecule has 0 saturated carbocycles. The summed E-state index contributed by atoms with van der Waals surface area (Å²) in [4.78, 5) is 64.5. The summed E-state index contributed by atoms with van der Waals surface area (Å²) >= 11 is 0. The third-order valence-electron chi connectivity index (χ3n) is 19.2. The number of ether oxygens (including phenoxy) is 15. The number of aliphatic hydroxyl groups is 22. The van der Waals surface area contributed by atoms with Gasteiger partial charge in [-0.15, -0.1) is 0 Å². The van der Waals surface area contributed by atoms with Gasteiger partial charge in [0.1, 0.15) is 183 Å². The number of aliphatic hydroxyl groups excluding tert-OH is 22. The van der Waals surface area contributed by atoms with Crippen LogP contribution in [0.3, 0.4) is 0 Å². The summed E-state index contributed by atoms with van der Waals surface area (Å²) in [6.45, 7) is -2.94. The average Bonchev–Trinajstić information content (AvgIpc) is 0.751. The number of carboxylic acids is 1. The molecule has 8 aliphatic rings. The SMILES string of the molecule is CC(=O)N[C@H]1[C@H](OC[C@H]2OC(O)[C@H](NC(C)=O)[C@@H](O[C@@H]3O[C@H](CO)[C@H](O)[C@H](O[C@H]4O[C@H](CO)[C@H](O)[C@H](O)[C@H]4O)[C@H]3O[C@@H]3O[C@@H](C)[C@@H](O)[C@@H](O)[C@@H]3O)[C@H]2O)O[C@H](CO)[C@@H](O[C@@H]2O[C@H](CO)[C@H](O[C@@H]3O[C@H](CO)[C@H](O)[C@H](O)[C@H]3NC(C)=O)[C@H](O[C@]3(C(=O)O)C[C@H](O)[C@@H](NC(C)=O)[C@H]([C@H](O)[C@H](O)CO)O3)[C@H]2O)[C@@H]1O. The highest BCUT2D eigenvalue weighted by Gasteiger charge is 2.63. The third-order valence-corrected chi connectivity index (χ3v) is 19.2. The molecule has 0 bridgehead atoms. The van der Waals surface area contributed by atoms with Crippen molar-refractivity contribution in [2.75, 3.05) is 46.2 Å². The number of carbonyl (C=O) groups excluding carboxylic acids is 4. The summed E-state index contributed by atoms with van der Waals surface area (Å²) in [5.74, 6) is -9.31. The van der Waals surface area contributed by atoms with Crippen LogP contribution in [0.25, 0.3) is 0 Å². The Kier molecular flexibility index (Phi) is 30.9. The van der Waals surface area contributed by atoms with Crippen LogP contribution in [0.4, 0.5) is 0 Å². The Bertz CT molecular complexity index is 2850. The zero-order valence-corrected chi connectivity index (χ0v) is 57.2. The quantitative estimate of drug-likeness (QED) is 0.0346. The van der Waals surface area contributed by atoms with Gasteiger partial charge >= 0.3 is 5.97 Å². The van der Waals surface area contributed by atoms with Gasteiger partial charge in [-0.2, -0.15) is 0 Å². The largest absolute Gasteiger partial charge is 0.477 e. The molecule has 612 valence electrons. The van der Waals surface area contributed by atoms with Gasteiger partial charge in [-0.3, -0.25) is 19.2 Å². The minimum Gasteiger partial charge on any atom is -0.477 e. The molecule has 0 radical (unpaired) electrons. The maximum Gasteiger partial charge on any atom is 0.364 e. The van der Waals surface area contributed by atoms with E-state index in [2.05, 4.69) is 21.3 Å². The lowest BCUT2D eigenvalue weighted by Crippen LogP contribution is -2.72. The second-order valence-electron chi connectivity index (χ2n) is 26.8. The zero-order valence-electron chi connectivity index (χ0n) is 57.2. The van der Waals surface area contributed by atoms with E-state index < -0.39 is 333 Å². The number of amides is 4. The zero-order chi connectivity index (χ0) is 78.6. The van der Waals surface area contributed by atoms with Crippen LogP contribution in [-0.4, -0.2) is 444 Å². The van der Waals surface area contributed by atoms with E-state index in [1.54, 1.807) is 0 Å². The Hall–Kier alpha value is -4.13. The first-order valence-electron chi connectivity index (χ1n) is 33.6. The van der Waals surface area contributed by atoms with Crippen molar-refractivity contribution in [2.45, 2.75) is 292 Å². The van der Waals surface area contributed by atoms with Crippen molar-refractivity contribution in [3.8, 4) is 0 Å². The smallest absolute Gasteiger partial charge is 0.364 e. The molecule has 8 fully saturated rings. The van der Waals surface area contributed by atoms with Gasteiger partial charge in [0.25, 0.3) is 5.79 Å². The Labute approximate surface area is 600 Å². The van der Waals surface area contributed by atoms with Gasteiger partial charge in [0.05, 0.1) is 64.5 Å². The summed E-state index contributed by atoms with van der Waals surface area (Å²) in [6.07, 6.45) is -76.8. The number of hydrogen-bond acceptors (Lipinski definition) is 42. The van der Waals surface area contributed by atoms with E-state index in [0.29, 0.717) is 0 Å². The minimum atomic E-state index is -3.42. The van der Waals surface area contributed by atoms with Gasteiger partial charge in [0.15, 0.2) is 44.0 Å². The molecule has 41 atom stereocenters. The maximum atomic E-state index is 13.7. The van der Waals surface area contributed by atoms with E-state index in [9.17, 15) is 141 Å². The van der Waals surface area contributed by atoms with E-state index in [4.69, 9.17) is 71.1 Å². The molecule has 27 N–H and O–H groups in total. The predicted octanol–water partition coefficient (Wildman–Crippen LogP) is -17.6. The lowest BCUT2D eigenvalue weighted by atomic mass is 9.88. The highest BCUT2D eigenvalue weighted by molar-refractivity contribution is 5.77. The predicted molar refractivity (Wildman–Crippen MR) is 327 cm³/mol. The van der Waals surface area contributed by atoms with Gasteiger partial charge in [-0.1, -0.05) is 0 Å². The summed E-state index contributed by atoms with van der Waals surface area (Å²) in [6, 6.07) is -7.47. The van der Waals surface area contributed by atoms with Crippen LogP contribution in [0.2, 0.25) is 0 Å². The van der Waals surface area contributed by atoms with E-state index in [1.165, 1.54) is 6.92 Å². The molecule has 0 aromatic heterocycles. The maximum absolute atomic E-state index is 13.7. The number of aliphatic carboxylic acids is 1. The second kappa shape index (κ2) is 37.5. The topological polar surface area (TPSA) is 737 Å². The van der Waals surface area contributed by atoms with E-state index in [-0.39, 0.29) is 0 Å². The number of nitrogens with one attached hydrogen (secondary N) is 4. The molecule has 8 heterocycles. The molecule has 8 saturated heterocycles. The van der Waals surface area contributed by atoms with Crippen LogP contribution in [0, 0.1) is 0 Å². The molecule has 8 aliphatic heterocycles. The number of rotatable bonds is 28. The monoisotopic (exact) mass is 1550 g/mol. The molecular weight excluding hydrogens is 1450 g/mol. The number of carboxylic acid groups (broad SMARTS) is 1. The molecule has 0 aromatic rings. The number of carbonyl (C=O) groups is 5. The molecule has 4 amide bonds. The molecule has 1 unspecified atom stereocenters. The molecule has 0 aromatic carbocycles. The Morgan fingerprint density at radius 1 is 0.406 bits per heavy atom. The number of hydrogen-bond donors (Lipinski definition) is 27. The summed E-state index contributed by atoms with van der Waals surface area (Å²) < 4.78 is 89.0. The van der Waals surface area contributed by atoms with Gasteiger partial charge in [-0.05, 0) is 6.92 Å². The summed E-state index contributed by atoms with van der Waals surface area (Å²) in [5, 5.41) is 263. The fourth-order valence-corrected chi connectivity index (χ4v) is 13.6. The average molecular weight is 1550 g/mol. The van der Waals surface area contributed by atoms with E-state index in [0.717, 1.165) is 27.7 Å². The van der Waals surface area contributed by atoms with Crippen molar-refractivity contribution in [2.24, 2.45) is 0 Å². The third kappa shape index (κ3) is 19.1. The Morgan fingerprint density at radius 2 is 0.830 bits per heavy atom. The molecular formula is C59H98N4O43. The molecule has 47 nitrogen and oxygen atoms in total. The van der Waals surface area contributed by atoms with Gasteiger partial charge in [-0.25, -0.2) is 4.79 Å². The molecule has 0 aliphatic carbocycles. The lowest BCUT2D eigenvalue weighted by molar-refractivity contribution is -0.402. The summed E-state index contributed by atoms with van der Waals surface area (Å²) in [7, 11) is 0. The van der Waals surface area contributed by atoms with E-state index in [1.807, 2.05) is 0 Å². The van der Waals surface area contributed by atoms with Crippen molar-refractivity contribution in [3.05, 3.63) is 0 Å². The van der Waals surface area contributed by atoms with Crippen molar-refractivity contribution in [1.82, 2.24) is 21.3 Å². The van der Waals surface area contributed by atoms with Gasteiger partial charge in [0, 0.05) is 34.1 Å². The molecule has 0 spiro atoms. The second-order valence-corrected chi connectivity index (χ2v) is 26.8. The first kappa shape index (κ1) is 87.4. The fourth-order valence-electron chi connectivity index (χ4n) is 13.6. The highest BCUT2D eigenvalue weighted by Crippen LogP contribution is 2.42. The fraction of sp³-hybridized carbons (Fsp3) is 0.915. The van der Waals surface area contributed by atoms with Crippen LogP contribution in [0.15, 0.2) is 0 Å². The Morgan fingerprint density at radius 3 is 1.39 bits per heavy atom. The Balaban J connectivity index is 1.10. The minimum absolute atomic E-state index is 0.898. The highest BCUT2D eigenvalue weighted by atomic mass is 16.8. The van der Waals surface area contributed by atoms with Crippen molar-refractivity contribution >= 4 is 29.6 Å². The van der Waals surface area contributed by atoms with Crippen LogP contribution in [-0.2, 0) is 95.0 Å². The normalized spacial score (nSPS) is 47.2. The summed E-state index contributed by atoms with van der Waals surface area (Å²) in [5.41, 5.74) is 0. The first-order chi connectivity index (χ1) is 49.9. The van der Waals surface area contributed by atoms with Crippen molar-refractivity contribution in [1.29, 1.82) is 0 Å². The van der Waals surface area contributed by atoms with Crippen molar-refractivity contribution < 1.29 is 212 Å². The molecule has 47 heteroatoms. The van der Waals surface area contributed by atoms with Crippen molar-refractivity contribution in [3.63, 3.8) is 0 Å². The van der Waals surface area contributed by atoms with Crippen LogP contribution in [0.5, 0.6) is 0 Å². The molecule has 8 rings (SSSR count). The first-order valence-corrected chi connectivity index (χ1v) is 33.6. The van der Waals surface area contributed by atoms with Crippen LogP contribution < -0.4 is 21.3 Å². The van der Waals surface area contributed by atoms with Gasteiger partial charge < -0.3 is 210 Å². The van der Waals surface area contributed by atoms with Gasteiger partial charge in [0.2, 0.25) is 23.6 Å². The molecule has 106 heavy (non-hydrogen) atoms. The standard InChI is InChI=1S/C59H98N4O43/c1-14-31(76)39(84)41(86)54(93-14)104-50-48(103-55-42(87)40(85)34(79)22(9-66)96-55)35(80)23(10-67)97-57(50)102-46-30(63-18(5)73)51(89)94-26(36(46)81)13-92-52-29(62-17(4)72)38(83)44(24(11-68)98-52)100-56-43(88)49(45(25(12-69)99-56)101-53-28(61-16(3)71)37(82)33(78)21(8-65)95-53)106-59(58(90)91)6-19(74)27(60-15(2)70)47(105-59)32(77)20(75)7-64/h14,19-57,64-69,74-89H,6-13H2,1-5H3,(H,60,70)(H,61,71)(H,62,72)(H,63,73)(H,90,91)/t14-,19-,20+,21+,22+,23+,24+,25+,26+,27+,28+,29+,30+,31+,32+,33-,34-,35-,36-,37+,38+,39+,40-,41-,42+,43+,44+,45-,46+,47+,48-,49+,50+,51?,52+,53-,54-,55+,56-,57-,59-/m0/s1.